The first-order valence-corrected chi connectivity index (χ1v) is 8.21. The van der Waals surface area contributed by atoms with Gasteiger partial charge in [-0.15, -0.1) is 0 Å². The molecule has 0 bridgehead atoms. The number of likely N-dealkylation sites (N-methyl/N-ethyl adjacent to an activating group) is 1. The molecule has 1 unspecified atom stereocenters. The lowest BCUT2D eigenvalue weighted by atomic mass is 10.0. The zero-order valence-corrected chi connectivity index (χ0v) is 15.1. The standard InChI is InChI=1S/C19H23N3O4/c1-21(2)18(14-8-6-9-16(11-14)26-3)13-20-19(23)12-15-7-4-5-10-17(15)22(24)25/h4-11,18H,12-13H2,1-3H3,(H,20,23). The van der Waals surface area contributed by atoms with Crippen molar-refractivity contribution in [1.82, 2.24) is 10.2 Å². The van der Waals surface area contributed by atoms with Gasteiger partial charge < -0.3 is 15.0 Å². The number of benzene rings is 2. The molecule has 0 radical (unpaired) electrons. The highest BCUT2D eigenvalue weighted by Crippen LogP contribution is 2.22. The van der Waals surface area contributed by atoms with E-state index in [1.54, 1.807) is 25.3 Å². The molecule has 0 fully saturated rings. The molecule has 1 amide bonds. The van der Waals surface area contributed by atoms with Crippen LogP contribution in [-0.2, 0) is 11.2 Å². The summed E-state index contributed by atoms with van der Waals surface area (Å²) in [4.78, 5) is 24.9. The molecule has 0 saturated carbocycles. The van der Waals surface area contributed by atoms with Crippen LogP contribution in [0, 0.1) is 10.1 Å². The summed E-state index contributed by atoms with van der Waals surface area (Å²) in [6.45, 7) is 0.389. The van der Waals surface area contributed by atoms with Gasteiger partial charge in [0.05, 0.1) is 24.5 Å². The lowest BCUT2D eigenvalue weighted by Crippen LogP contribution is -2.35. The molecular weight excluding hydrogens is 334 g/mol. The third-order valence-electron chi connectivity index (χ3n) is 4.13. The quantitative estimate of drug-likeness (QED) is 0.580. The number of para-hydroxylation sites is 1. The van der Waals surface area contributed by atoms with Crippen molar-refractivity contribution in [2.75, 3.05) is 27.7 Å². The van der Waals surface area contributed by atoms with Crippen LogP contribution in [0.5, 0.6) is 5.75 Å². The van der Waals surface area contributed by atoms with Crippen molar-refractivity contribution in [3.8, 4) is 5.75 Å². The fourth-order valence-corrected chi connectivity index (χ4v) is 2.73. The summed E-state index contributed by atoms with van der Waals surface area (Å²) in [6.07, 6.45) is -0.0323. The maximum Gasteiger partial charge on any atom is 0.273 e. The summed E-state index contributed by atoms with van der Waals surface area (Å²) < 4.78 is 5.26. The van der Waals surface area contributed by atoms with Crippen LogP contribution in [0.15, 0.2) is 48.5 Å². The number of rotatable bonds is 8. The molecule has 0 aliphatic heterocycles. The number of nitro benzene ring substituents is 1. The minimum atomic E-state index is -0.471. The zero-order chi connectivity index (χ0) is 19.1. The van der Waals surface area contributed by atoms with Gasteiger partial charge >= 0.3 is 0 Å². The Hall–Kier alpha value is -2.93. The van der Waals surface area contributed by atoms with E-state index in [1.807, 2.05) is 43.3 Å². The van der Waals surface area contributed by atoms with Crippen LogP contribution in [0.1, 0.15) is 17.2 Å². The maximum absolute atomic E-state index is 12.3. The van der Waals surface area contributed by atoms with Gasteiger partial charge in [0.2, 0.25) is 5.91 Å². The van der Waals surface area contributed by atoms with Crippen LogP contribution >= 0.6 is 0 Å². The molecule has 0 aliphatic rings. The Balaban J connectivity index is 2.05. The normalized spacial score (nSPS) is 11.8. The maximum atomic E-state index is 12.3. The third kappa shape index (κ3) is 5.03. The molecule has 0 aromatic heterocycles. The number of carbonyl (C=O) groups is 1. The van der Waals surface area contributed by atoms with Crippen molar-refractivity contribution in [3.63, 3.8) is 0 Å². The van der Waals surface area contributed by atoms with Crippen molar-refractivity contribution in [2.24, 2.45) is 0 Å². The fourth-order valence-electron chi connectivity index (χ4n) is 2.73. The smallest absolute Gasteiger partial charge is 0.273 e. The Labute approximate surface area is 152 Å². The van der Waals surface area contributed by atoms with E-state index in [2.05, 4.69) is 5.32 Å². The van der Waals surface area contributed by atoms with E-state index in [9.17, 15) is 14.9 Å². The Bertz CT molecular complexity index is 777. The minimum absolute atomic E-state index is 0.0323. The molecule has 7 heteroatoms. The average Bonchev–Trinajstić information content (AvgIpc) is 2.62. The number of nitrogens with one attached hydrogen (secondary N) is 1. The SMILES string of the molecule is COc1cccc(C(CNC(=O)Cc2ccccc2[N+](=O)[O-])N(C)C)c1. The summed E-state index contributed by atoms with van der Waals surface area (Å²) in [7, 11) is 5.47. The Morgan fingerprint density at radius 1 is 1.23 bits per heavy atom. The van der Waals surface area contributed by atoms with Gasteiger partial charge in [-0.2, -0.15) is 0 Å². The molecule has 0 saturated heterocycles. The second-order valence-corrected chi connectivity index (χ2v) is 6.12. The van der Waals surface area contributed by atoms with Gasteiger partial charge in [-0.05, 0) is 31.8 Å². The van der Waals surface area contributed by atoms with E-state index in [1.165, 1.54) is 6.07 Å². The van der Waals surface area contributed by atoms with E-state index in [0.717, 1.165) is 11.3 Å². The molecule has 1 atom stereocenters. The largest absolute Gasteiger partial charge is 0.497 e. The molecule has 0 heterocycles. The average molecular weight is 357 g/mol. The lowest BCUT2D eigenvalue weighted by molar-refractivity contribution is -0.385. The Morgan fingerprint density at radius 2 is 1.96 bits per heavy atom. The predicted molar refractivity (Wildman–Crippen MR) is 99.2 cm³/mol. The highest BCUT2D eigenvalue weighted by Gasteiger charge is 2.18. The van der Waals surface area contributed by atoms with Gasteiger partial charge in [0, 0.05) is 18.2 Å². The molecule has 1 N–H and O–H groups in total. The molecule has 2 aromatic carbocycles. The number of nitro groups is 1. The summed E-state index contributed by atoms with van der Waals surface area (Å²) in [5, 5.41) is 13.9. The number of nitrogens with zero attached hydrogens (tertiary/aromatic N) is 2. The van der Waals surface area contributed by atoms with Crippen LogP contribution in [-0.4, -0.2) is 43.5 Å². The first kappa shape index (κ1) is 19.4. The number of hydrogen-bond acceptors (Lipinski definition) is 5. The fraction of sp³-hybridized carbons (Fsp3) is 0.316. The number of amides is 1. The predicted octanol–water partition coefficient (Wildman–Crippen LogP) is 2.57. The van der Waals surface area contributed by atoms with Gasteiger partial charge in [-0.3, -0.25) is 14.9 Å². The molecule has 0 aliphatic carbocycles. The molecule has 138 valence electrons. The molecule has 7 nitrogen and oxygen atoms in total. The molecule has 0 spiro atoms. The Kier molecular flexibility index (Phi) is 6.68. The summed E-state index contributed by atoms with van der Waals surface area (Å²) >= 11 is 0. The number of hydrogen-bond donors (Lipinski definition) is 1. The van der Waals surface area contributed by atoms with E-state index < -0.39 is 4.92 Å². The van der Waals surface area contributed by atoms with Crippen LogP contribution in [0.25, 0.3) is 0 Å². The van der Waals surface area contributed by atoms with Crippen LogP contribution in [0.2, 0.25) is 0 Å². The summed E-state index contributed by atoms with van der Waals surface area (Å²) in [6, 6.07) is 13.9. The number of carbonyl (C=O) groups excluding carboxylic acids is 1. The second kappa shape index (κ2) is 8.96. The van der Waals surface area contributed by atoms with E-state index in [0.29, 0.717) is 12.1 Å². The first-order chi connectivity index (χ1) is 12.4. The van der Waals surface area contributed by atoms with Gasteiger partial charge in [0.15, 0.2) is 0 Å². The monoisotopic (exact) mass is 357 g/mol. The summed E-state index contributed by atoms with van der Waals surface area (Å²) in [5.41, 5.74) is 1.37. The van der Waals surface area contributed by atoms with Crippen molar-refractivity contribution in [3.05, 3.63) is 69.8 Å². The molecule has 2 aromatic rings. The van der Waals surface area contributed by atoms with E-state index in [4.69, 9.17) is 4.74 Å². The van der Waals surface area contributed by atoms with E-state index >= 15 is 0 Å². The van der Waals surface area contributed by atoms with Gasteiger partial charge in [-0.25, -0.2) is 0 Å². The van der Waals surface area contributed by atoms with Crippen LogP contribution in [0.3, 0.4) is 0 Å². The number of methoxy groups -OCH3 is 1. The van der Waals surface area contributed by atoms with Crippen LogP contribution < -0.4 is 10.1 Å². The van der Waals surface area contributed by atoms with Crippen molar-refractivity contribution in [1.29, 1.82) is 0 Å². The van der Waals surface area contributed by atoms with Crippen LogP contribution in [0.4, 0.5) is 5.69 Å². The molecular formula is C19H23N3O4. The van der Waals surface area contributed by atoms with Crippen molar-refractivity contribution < 1.29 is 14.5 Å². The number of ether oxygens (including phenoxy) is 1. The highest BCUT2D eigenvalue weighted by molar-refractivity contribution is 5.79. The Morgan fingerprint density at radius 3 is 2.62 bits per heavy atom. The van der Waals surface area contributed by atoms with Crippen molar-refractivity contribution >= 4 is 11.6 Å². The van der Waals surface area contributed by atoms with Gasteiger partial charge in [-0.1, -0.05) is 30.3 Å². The van der Waals surface area contributed by atoms with Crippen molar-refractivity contribution in [2.45, 2.75) is 12.5 Å². The topological polar surface area (TPSA) is 84.7 Å². The summed E-state index contributed by atoms with van der Waals surface area (Å²) in [5.74, 6) is 0.495. The first-order valence-electron chi connectivity index (χ1n) is 8.21. The van der Waals surface area contributed by atoms with Gasteiger partial charge in [0.1, 0.15) is 5.75 Å². The lowest BCUT2D eigenvalue weighted by Gasteiger charge is -2.25. The van der Waals surface area contributed by atoms with Gasteiger partial charge in [0.25, 0.3) is 5.69 Å². The van der Waals surface area contributed by atoms with E-state index in [-0.39, 0.29) is 24.1 Å². The third-order valence-corrected chi connectivity index (χ3v) is 4.13. The minimum Gasteiger partial charge on any atom is -0.497 e. The zero-order valence-electron chi connectivity index (χ0n) is 15.1. The molecule has 26 heavy (non-hydrogen) atoms. The molecule has 2 rings (SSSR count). The highest BCUT2D eigenvalue weighted by atomic mass is 16.6. The second-order valence-electron chi connectivity index (χ2n) is 6.12.